The van der Waals surface area contributed by atoms with Crippen molar-refractivity contribution >= 4 is 57.0 Å². The lowest BCUT2D eigenvalue weighted by molar-refractivity contribution is 0.636. The molecule has 0 amide bonds. The highest BCUT2D eigenvalue weighted by Gasteiger charge is 2.15. The van der Waals surface area contributed by atoms with E-state index in [1.165, 1.54) is 17.4 Å². The van der Waals surface area contributed by atoms with E-state index < -0.39 is 5.82 Å². The minimum atomic E-state index is -0.458. The molecule has 1 aromatic carbocycles. The van der Waals surface area contributed by atoms with Gasteiger partial charge in [0.25, 0.3) is 0 Å². The van der Waals surface area contributed by atoms with Crippen molar-refractivity contribution in [2.75, 3.05) is 0 Å². The minimum Gasteiger partial charge on any atom is -0.225 e. The van der Waals surface area contributed by atoms with Crippen molar-refractivity contribution in [2.45, 2.75) is 0 Å². The molecule has 0 saturated heterocycles. The second kappa shape index (κ2) is 4.87. The summed E-state index contributed by atoms with van der Waals surface area (Å²) in [5.41, 5.74) is 0.708. The number of rotatable bonds is 1. The molecule has 2 heterocycles. The van der Waals surface area contributed by atoms with E-state index in [1.54, 1.807) is 18.2 Å². The van der Waals surface area contributed by atoms with Crippen molar-refractivity contribution in [2.24, 2.45) is 0 Å². The Labute approximate surface area is 126 Å². The zero-order valence-electron chi connectivity index (χ0n) is 9.12. The van der Waals surface area contributed by atoms with E-state index in [9.17, 15) is 4.39 Å². The van der Waals surface area contributed by atoms with E-state index in [2.05, 4.69) is 9.97 Å². The highest BCUT2D eigenvalue weighted by atomic mass is 35.5. The van der Waals surface area contributed by atoms with E-state index in [4.69, 9.17) is 34.8 Å². The van der Waals surface area contributed by atoms with Crippen LogP contribution in [-0.2, 0) is 0 Å². The summed E-state index contributed by atoms with van der Waals surface area (Å²) < 4.78 is 14.7. The van der Waals surface area contributed by atoms with Crippen LogP contribution in [0.2, 0.25) is 13.8 Å². The topological polar surface area (TPSA) is 25.8 Å². The van der Waals surface area contributed by atoms with E-state index >= 15 is 0 Å². The number of halogens is 4. The third kappa shape index (κ3) is 2.30. The van der Waals surface area contributed by atoms with Gasteiger partial charge in [-0.1, -0.05) is 40.9 Å². The Balaban J connectivity index is 2.32. The zero-order valence-corrected chi connectivity index (χ0v) is 12.2. The number of hydrogen-bond donors (Lipinski definition) is 0. The number of para-hydroxylation sites is 1. The lowest BCUT2D eigenvalue weighted by Gasteiger charge is -2.04. The second-order valence-electron chi connectivity index (χ2n) is 3.71. The maximum absolute atomic E-state index is 13.8. The Morgan fingerprint density at radius 3 is 2.58 bits per heavy atom. The van der Waals surface area contributed by atoms with Crippen LogP contribution in [0.4, 0.5) is 4.39 Å². The Bertz CT molecular complexity index is 788. The van der Waals surface area contributed by atoms with Gasteiger partial charge in [0.2, 0.25) is 0 Å². The van der Waals surface area contributed by atoms with E-state index in [-0.39, 0.29) is 16.5 Å². The summed E-state index contributed by atoms with van der Waals surface area (Å²) in [6, 6.07) is 6.16. The van der Waals surface area contributed by atoms with E-state index in [0.29, 0.717) is 19.6 Å². The lowest BCUT2D eigenvalue weighted by Crippen LogP contribution is -1.93. The van der Waals surface area contributed by atoms with Crippen LogP contribution in [0.15, 0.2) is 24.3 Å². The fraction of sp³-hybridized carbons (Fsp3) is 0. The average molecular weight is 334 g/mol. The van der Waals surface area contributed by atoms with Crippen molar-refractivity contribution in [3.8, 4) is 11.4 Å². The predicted molar refractivity (Wildman–Crippen MR) is 77.8 cm³/mol. The summed E-state index contributed by atoms with van der Waals surface area (Å²) in [6.07, 6.45) is 0. The molecular weight excluding hydrogens is 330 g/mol. The fourth-order valence-electron chi connectivity index (χ4n) is 1.69. The van der Waals surface area contributed by atoms with Crippen LogP contribution in [0.25, 0.3) is 22.3 Å². The van der Waals surface area contributed by atoms with Crippen molar-refractivity contribution in [3.05, 3.63) is 43.9 Å². The first-order valence-electron chi connectivity index (χ1n) is 5.13. The molecule has 0 aliphatic rings. The molecule has 0 N–H and O–H groups in total. The van der Waals surface area contributed by atoms with Crippen molar-refractivity contribution in [1.82, 2.24) is 9.97 Å². The van der Waals surface area contributed by atoms with Crippen LogP contribution >= 0.6 is 46.1 Å². The Hall–Kier alpha value is -0.940. The van der Waals surface area contributed by atoms with E-state index in [0.717, 1.165) is 0 Å². The van der Waals surface area contributed by atoms with Gasteiger partial charge >= 0.3 is 0 Å². The summed E-state index contributed by atoms with van der Waals surface area (Å²) >= 11 is 19.2. The molecule has 96 valence electrons. The highest BCUT2D eigenvalue weighted by Crippen LogP contribution is 2.37. The molecule has 0 saturated carbocycles. The van der Waals surface area contributed by atoms with Gasteiger partial charge in [-0.25, -0.2) is 14.4 Å². The van der Waals surface area contributed by atoms with Gasteiger partial charge in [0.1, 0.15) is 20.8 Å². The first-order chi connectivity index (χ1) is 9.06. The molecule has 0 radical (unpaired) electrons. The maximum Gasteiger partial charge on any atom is 0.164 e. The van der Waals surface area contributed by atoms with Gasteiger partial charge in [-0.2, -0.15) is 0 Å². The number of thiophene rings is 1. The first kappa shape index (κ1) is 13.1. The molecule has 7 heteroatoms. The molecule has 19 heavy (non-hydrogen) atoms. The third-order valence-corrected chi connectivity index (χ3v) is 4.30. The monoisotopic (exact) mass is 332 g/mol. The first-order valence-corrected chi connectivity index (χ1v) is 7.08. The molecule has 0 atom stereocenters. The molecule has 2 nitrogen and oxygen atoms in total. The number of nitrogens with zero attached hydrogens (tertiary/aromatic N) is 2. The number of hydrogen-bond acceptors (Lipinski definition) is 3. The standard InChI is InChI=1S/C12H4Cl3FN2S/c13-8-4-6(11(15)19-8)12-17-9-5(10(14)18-12)2-1-3-7(9)16/h1-4H. The van der Waals surface area contributed by atoms with Crippen LogP contribution in [0.3, 0.4) is 0 Å². The number of benzene rings is 1. The van der Waals surface area contributed by atoms with Crippen LogP contribution in [0, 0.1) is 5.82 Å². The molecule has 0 aliphatic heterocycles. The molecule has 0 aliphatic carbocycles. The normalized spacial score (nSPS) is 11.2. The van der Waals surface area contributed by atoms with Gasteiger partial charge in [0, 0.05) is 5.39 Å². The van der Waals surface area contributed by atoms with Crippen LogP contribution < -0.4 is 0 Å². The van der Waals surface area contributed by atoms with Crippen LogP contribution in [0.5, 0.6) is 0 Å². The van der Waals surface area contributed by atoms with Gasteiger partial charge in [-0.05, 0) is 18.2 Å². The highest BCUT2D eigenvalue weighted by molar-refractivity contribution is 7.20. The number of aromatic nitrogens is 2. The molecule has 3 aromatic rings. The lowest BCUT2D eigenvalue weighted by atomic mass is 10.2. The smallest absolute Gasteiger partial charge is 0.164 e. The summed E-state index contributed by atoms with van der Waals surface area (Å²) in [5, 5.41) is 0.640. The third-order valence-electron chi connectivity index (χ3n) is 2.53. The largest absolute Gasteiger partial charge is 0.225 e. The van der Waals surface area contributed by atoms with Gasteiger partial charge in [0.05, 0.1) is 9.90 Å². The predicted octanol–water partition coefficient (Wildman–Crippen LogP) is 5.46. The Morgan fingerprint density at radius 2 is 1.89 bits per heavy atom. The molecule has 0 unspecified atom stereocenters. The van der Waals surface area contributed by atoms with Crippen molar-refractivity contribution in [3.63, 3.8) is 0 Å². The summed E-state index contributed by atoms with van der Waals surface area (Å²) in [4.78, 5) is 8.31. The van der Waals surface area contributed by atoms with Gasteiger partial charge in [-0.3, -0.25) is 0 Å². The SMILES string of the molecule is Fc1cccc2c(Cl)nc(-c3cc(Cl)sc3Cl)nc12. The van der Waals surface area contributed by atoms with Gasteiger partial charge < -0.3 is 0 Å². The van der Waals surface area contributed by atoms with Gasteiger partial charge in [-0.15, -0.1) is 11.3 Å². The molecular formula is C12H4Cl3FN2S. The Kier molecular flexibility index (Phi) is 3.35. The van der Waals surface area contributed by atoms with Crippen LogP contribution in [-0.4, -0.2) is 9.97 Å². The molecule has 0 bridgehead atoms. The quantitative estimate of drug-likeness (QED) is 0.553. The summed E-state index contributed by atoms with van der Waals surface area (Å²) in [5.74, 6) is -0.198. The van der Waals surface area contributed by atoms with Crippen molar-refractivity contribution < 1.29 is 4.39 Å². The molecule has 2 aromatic heterocycles. The summed E-state index contributed by atoms with van der Waals surface area (Å²) in [7, 11) is 0. The van der Waals surface area contributed by atoms with Crippen LogP contribution in [0.1, 0.15) is 0 Å². The summed E-state index contributed by atoms with van der Waals surface area (Å²) in [6.45, 7) is 0. The molecule has 0 spiro atoms. The van der Waals surface area contributed by atoms with Crippen molar-refractivity contribution in [1.29, 1.82) is 0 Å². The number of fused-ring (bicyclic) bond motifs is 1. The maximum atomic E-state index is 13.8. The molecule has 3 rings (SSSR count). The average Bonchev–Trinajstić information content (AvgIpc) is 2.70. The van der Waals surface area contributed by atoms with E-state index in [1.807, 2.05) is 0 Å². The Morgan fingerprint density at radius 1 is 1.11 bits per heavy atom. The zero-order chi connectivity index (χ0) is 13.6. The second-order valence-corrected chi connectivity index (χ2v) is 6.36. The van der Waals surface area contributed by atoms with Gasteiger partial charge in [0.15, 0.2) is 5.82 Å². The fourth-order valence-corrected chi connectivity index (χ4v) is 3.38. The minimum absolute atomic E-state index is 0.163. The molecule has 0 fully saturated rings.